The molecule has 0 spiro atoms. The van der Waals surface area contributed by atoms with E-state index in [-0.39, 0.29) is 15.7 Å². The summed E-state index contributed by atoms with van der Waals surface area (Å²) >= 11 is 1.17. The van der Waals surface area contributed by atoms with Crippen LogP contribution in [-0.4, -0.2) is 85.4 Å². The van der Waals surface area contributed by atoms with Gasteiger partial charge in [0.1, 0.15) is 4.21 Å². The molecule has 2 fully saturated rings. The fraction of sp³-hybridized carbons (Fsp3) is 0.370. The van der Waals surface area contributed by atoms with Gasteiger partial charge in [0.2, 0.25) is 16.0 Å². The van der Waals surface area contributed by atoms with Crippen molar-refractivity contribution in [2.75, 3.05) is 61.5 Å². The number of hydrogen-bond acceptors (Lipinski definition) is 13. The lowest BCUT2D eigenvalue weighted by atomic mass is 9.97. The Balaban J connectivity index is 1.16. The van der Waals surface area contributed by atoms with Gasteiger partial charge in [-0.05, 0) is 49.1 Å². The number of nitrogens with two attached hydrogens (primary N) is 1. The van der Waals surface area contributed by atoms with Crippen LogP contribution in [0.15, 0.2) is 46.9 Å². The molecule has 14 nitrogen and oxygen atoms in total. The lowest BCUT2D eigenvalue weighted by Gasteiger charge is -2.31. The van der Waals surface area contributed by atoms with E-state index < -0.39 is 15.9 Å². The maximum atomic E-state index is 13.4. The number of benzene rings is 1. The number of piperidine rings is 1. The number of nitrogens with one attached hydrogen (secondary N) is 2. The SMILES string of the molecule is Nc1ccc(-c2nc(N3CCOCC3)c3sc(S(=O)(=O)NCC4CCN(c5ncc(C(=O)NO)cn5)CC4)cc3n2)cc1. The first kappa shape index (κ1) is 29.1. The Morgan fingerprint density at radius 1 is 1.05 bits per heavy atom. The number of hydroxylamine groups is 1. The molecule has 2 saturated heterocycles. The monoisotopic (exact) mass is 625 g/mol. The van der Waals surface area contributed by atoms with E-state index in [9.17, 15) is 13.2 Å². The number of nitrogen functional groups attached to an aromatic ring is 1. The lowest BCUT2D eigenvalue weighted by molar-refractivity contribution is 0.0705. The van der Waals surface area contributed by atoms with E-state index in [0.717, 1.165) is 23.1 Å². The molecule has 0 radical (unpaired) electrons. The van der Waals surface area contributed by atoms with Crippen molar-refractivity contribution < 1.29 is 23.2 Å². The van der Waals surface area contributed by atoms with Crippen molar-refractivity contribution in [3.63, 3.8) is 0 Å². The van der Waals surface area contributed by atoms with Crippen molar-refractivity contribution in [1.29, 1.82) is 0 Å². The number of aromatic nitrogens is 4. The minimum atomic E-state index is -3.79. The second-order valence-electron chi connectivity index (χ2n) is 10.4. The molecule has 2 aliphatic rings. The Morgan fingerprint density at radius 3 is 2.42 bits per heavy atom. The van der Waals surface area contributed by atoms with Gasteiger partial charge in [-0.3, -0.25) is 10.0 Å². The summed E-state index contributed by atoms with van der Waals surface area (Å²) < 4.78 is 36.1. The summed E-state index contributed by atoms with van der Waals surface area (Å²) in [5.74, 6) is 1.15. The zero-order valence-corrected chi connectivity index (χ0v) is 24.8. The molecule has 1 aromatic carbocycles. The number of hydrogen-bond donors (Lipinski definition) is 4. The Hall–Kier alpha value is -3.96. The topological polar surface area (TPSA) is 189 Å². The van der Waals surface area contributed by atoms with E-state index >= 15 is 0 Å². The fourth-order valence-corrected chi connectivity index (χ4v) is 7.65. The van der Waals surface area contributed by atoms with Crippen LogP contribution in [0.4, 0.5) is 17.5 Å². The van der Waals surface area contributed by atoms with Crippen molar-refractivity contribution >= 4 is 54.9 Å². The predicted molar refractivity (Wildman–Crippen MR) is 162 cm³/mol. The molecule has 5 N–H and O–H groups in total. The highest BCUT2D eigenvalue weighted by molar-refractivity contribution is 7.91. The molecular weight excluding hydrogens is 594 g/mol. The number of carbonyl (C=O) groups is 1. The van der Waals surface area contributed by atoms with Gasteiger partial charge < -0.3 is 20.3 Å². The quantitative estimate of drug-likeness (QED) is 0.127. The average Bonchev–Trinajstić information content (AvgIpc) is 3.50. The average molecular weight is 626 g/mol. The van der Waals surface area contributed by atoms with Crippen LogP contribution in [0.5, 0.6) is 0 Å². The van der Waals surface area contributed by atoms with Gasteiger partial charge in [0.05, 0.1) is 29.0 Å². The summed E-state index contributed by atoms with van der Waals surface area (Å²) in [6, 6.07) is 8.91. The first-order valence-electron chi connectivity index (χ1n) is 13.8. The van der Waals surface area contributed by atoms with Gasteiger partial charge >= 0.3 is 0 Å². The van der Waals surface area contributed by atoms with Crippen molar-refractivity contribution in [3.8, 4) is 11.4 Å². The smallest absolute Gasteiger partial charge is 0.277 e. The molecule has 0 unspecified atom stereocenters. The van der Waals surface area contributed by atoms with Gasteiger partial charge in [0.25, 0.3) is 5.91 Å². The second-order valence-corrected chi connectivity index (χ2v) is 13.4. The molecule has 4 aromatic rings. The van der Waals surface area contributed by atoms with E-state index in [2.05, 4.69) is 19.6 Å². The van der Waals surface area contributed by atoms with Crippen molar-refractivity contribution in [2.45, 2.75) is 17.1 Å². The standard InChI is InChI=1S/C27H31N9O5S2/c28-20-3-1-18(2-4-20)24-32-21-13-22(42-23(21)25(33-24)35-9-11-41-12-10-35)43(39,40)31-14-17-5-7-36(8-6-17)27-29-15-19(16-30-27)26(37)34-38/h1-4,13,15-17,31,38H,5-12,14,28H2,(H,34,37). The van der Waals surface area contributed by atoms with Crippen LogP contribution in [0.3, 0.4) is 0 Å². The summed E-state index contributed by atoms with van der Waals surface area (Å²) in [6.07, 6.45) is 4.20. The molecule has 0 saturated carbocycles. The highest BCUT2D eigenvalue weighted by Crippen LogP contribution is 2.36. The molecule has 226 valence electrons. The third-order valence-electron chi connectivity index (χ3n) is 7.54. The molecule has 2 aliphatic heterocycles. The number of amides is 1. The number of carbonyl (C=O) groups excluding carboxylic acids is 1. The molecule has 0 bridgehead atoms. The lowest BCUT2D eigenvalue weighted by Crippen LogP contribution is -2.39. The summed E-state index contributed by atoms with van der Waals surface area (Å²) in [5, 5.41) is 8.75. The number of morpholine rings is 1. The molecule has 6 rings (SSSR count). The van der Waals surface area contributed by atoms with Crippen molar-refractivity contribution in [2.24, 2.45) is 5.92 Å². The molecule has 43 heavy (non-hydrogen) atoms. The van der Waals surface area contributed by atoms with Gasteiger partial charge in [-0.2, -0.15) is 0 Å². The van der Waals surface area contributed by atoms with Crippen LogP contribution >= 0.6 is 11.3 Å². The Morgan fingerprint density at radius 2 is 1.74 bits per heavy atom. The maximum absolute atomic E-state index is 13.4. The van der Waals surface area contributed by atoms with E-state index in [0.29, 0.717) is 74.7 Å². The van der Waals surface area contributed by atoms with Gasteiger partial charge in [-0.15, -0.1) is 11.3 Å². The van der Waals surface area contributed by atoms with Crippen LogP contribution < -0.4 is 25.7 Å². The number of ether oxygens (including phenoxy) is 1. The van der Waals surface area contributed by atoms with Gasteiger partial charge in [-0.25, -0.2) is 38.6 Å². The zero-order chi connectivity index (χ0) is 30.0. The number of nitrogens with zero attached hydrogens (tertiary/aromatic N) is 6. The van der Waals surface area contributed by atoms with Crippen LogP contribution in [0.25, 0.3) is 21.6 Å². The summed E-state index contributed by atoms with van der Waals surface area (Å²) in [4.78, 5) is 33.6. The highest BCUT2D eigenvalue weighted by atomic mass is 32.2. The number of rotatable bonds is 8. The minimum Gasteiger partial charge on any atom is -0.399 e. The molecular formula is C27H31N9O5S2. The molecule has 0 aliphatic carbocycles. The van der Waals surface area contributed by atoms with Gasteiger partial charge in [0, 0.05) is 56.4 Å². The first-order chi connectivity index (χ1) is 20.8. The van der Waals surface area contributed by atoms with Crippen LogP contribution in [0, 0.1) is 5.92 Å². The van der Waals surface area contributed by atoms with Crippen LogP contribution in [0.1, 0.15) is 23.2 Å². The second kappa shape index (κ2) is 12.3. The third-order valence-corrected chi connectivity index (χ3v) is 10.6. The Kier molecular flexibility index (Phi) is 8.36. The number of thiophene rings is 1. The third kappa shape index (κ3) is 6.37. The van der Waals surface area contributed by atoms with Crippen LogP contribution in [0.2, 0.25) is 0 Å². The Labute approximate surface area is 251 Å². The zero-order valence-electron chi connectivity index (χ0n) is 23.1. The van der Waals surface area contributed by atoms with E-state index in [4.69, 9.17) is 25.6 Å². The van der Waals surface area contributed by atoms with Crippen LogP contribution in [-0.2, 0) is 14.8 Å². The summed E-state index contributed by atoms with van der Waals surface area (Å²) in [6.45, 7) is 4.03. The molecule has 16 heteroatoms. The summed E-state index contributed by atoms with van der Waals surface area (Å²) in [5.41, 5.74) is 9.58. The first-order valence-corrected chi connectivity index (χ1v) is 16.1. The maximum Gasteiger partial charge on any atom is 0.277 e. The molecule has 3 aromatic heterocycles. The minimum absolute atomic E-state index is 0.140. The normalized spacial score (nSPS) is 16.5. The van der Waals surface area contributed by atoms with Crippen molar-refractivity contribution in [1.82, 2.24) is 30.1 Å². The number of fused-ring (bicyclic) bond motifs is 1. The van der Waals surface area contributed by atoms with Gasteiger partial charge in [0.15, 0.2) is 11.6 Å². The van der Waals surface area contributed by atoms with E-state index in [1.54, 1.807) is 23.7 Å². The van der Waals surface area contributed by atoms with Gasteiger partial charge in [-0.1, -0.05) is 0 Å². The number of anilines is 3. The summed E-state index contributed by atoms with van der Waals surface area (Å²) in [7, 11) is -3.79. The molecule has 1 amide bonds. The van der Waals surface area contributed by atoms with Crippen molar-refractivity contribution in [3.05, 3.63) is 48.3 Å². The van der Waals surface area contributed by atoms with E-state index in [1.165, 1.54) is 23.7 Å². The molecule has 5 heterocycles. The Bertz CT molecular complexity index is 1700. The number of sulfonamides is 1. The van der Waals surface area contributed by atoms with E-state index in [1.807, 2.05) is 17.0 Å². The highest BCUT2D eigenvalue weighted by Gasteiger charge is 2.27. The fourth-order valence-electron chi connectivity index (χ4n) is 5.08. The molecule has 0 atom stereocenters. The largest absolute Gasteiger partial charge is 0.399 e. The predicted octanol–water partition coefficient (Wildman–Crippen LogP) is 1.88.